The highest BCUT2D eigenvalue weighted by molar-refractivity contribution is 9.10. The highest BCUT2D eigenvalue weighted by Gasteiger charge is 2.34. The van der Waals surface area contributed by atoms with Crippen LogP contribution in [0.4, 0.5) is 4.79 Å². The first-order valence-corrected chi connectivity index (χ1v) is 17.1. The Morgan fingerprint density at radius 2 is 1.70 bits per heavy atom. The van der Waals surface area contributed by atoms with Crippen LogP contribution < -0.4 is 4.72 Å². The van der Waals surface area contributed by atoms with E-state index in [9.17, 15) is 13.2 Å². The minimum absolute atomic E-state index is 0.0762. The second-order valence-electron chi connectivity index (χ2n) is 11.4. The number of hydrogen-bond acceptors (Lipinski definition) is 9. The topological polar surface area (TPSA) is 133 Å². The van der Waals surface area contributed by atoms with Gasteiger partial charge in [0.05, 0.1) is 15.4 Å². The maximum absolute atomic E-state index is 14.1. The summed E-state index contributed by atoms with van der Waals surface area (Å²) in [6.07, 6.45) is -0.000468. The Kier molecular flexibility index (Phi) is 10.1. The normalized spacial score (nSPS) is 15.6. The number of nitrogens with one attached hydrogen (secondary N) is 2. The molecule has 14 heteroatoms. The van der Waals surface area contributed by atoms with Crippen LogP contribution in [0, 0.1) is 0 Å². The Labute approximate surface area is 270 Å². The fraction of sp³-hybridized carbons (Fsp3) is 0.333. The molecular formula is C30H34BrN7O4S2. The van der Waals surface area contributed by atoms with Gasteiger partial charge in [-0.15, -0.1) is 10.2 Å². The molecule has 44 heavy (non-hydrogen) atoms. The minimum atomic E-state index is -4.06. The van der Waals surface area contributed by atoms with Gasteiger partial charge in [0.15, 0.2) is 0 Å². The van der Waals surface area contributed by atoms with E-state index in [2.05, 4.69) is 45.6 Å². The summed E-state index contributed by atoms with van der Waals surface area (Å²) in [6, 6.07) is 22.8. The Hall–Kier alpha value is -3.30. The molecule has 232 valence electrons. The summed E-state index contributed by atoms with van der Waals surface area (Å²) in [5, 5.41) is 14.6. The zero-order valence-corrected chi connectivity index (χ0v) is 27.8. The van der Waals surface area contributed by atoms with Crippen LogP contribution in [0.25, 0.3) is 11.4 Å². The second kappa shape index (κ2) is 13.8. The molecule has 1 saturated heterocycles. The smallest absolute Gasteiger partial charge is 0.410 e. The highest BCUT2D eigenvalue weighted by Crippen LogP contribution is 2.42. The van der Waals surface area contributed by atoms with Crippen molar-refractivity contribution in [1.29, 1.82) is 0 Å². The number of H-pyrrole nitrogens is 1. The average Bonchev–Trinajstić information content (AvgIpc) is 3.66. The number of aromatic nitrogens is 4. The third kappa shape index (κ3) is 8.24. The van der Waals surface area contributed by atoms with Gasteiger partial charge in [-0.05, 0) is 83.5 Å². The number of hydrogen-bond donors (Lipinski definition) is 2. The number of carbonyl (C=O) groups is 1. The van der Waals surface area contributed by atoms with Crippen molar-refractivity contribution in [3.05, 3.63) is 88.4 Å². The van der Waals surface area contributed by atoms with Gasteiger partial charge in [-0.1, -0.05) is 60.7 Å². The van der Waals surface area contributed by atoms with Gasteiger partial charge in [0.25, 0.3) is 0 Å². The van der Waals surface area contributed by atoms with Crippen LogP contribution in [0.3, 0.4) is 0 Å². The number of likely N-dealkylation sites (tertiary alicyclic amines) is 1. The molecule has 5 rings (SSSR count). The molecule has 1 fully saturated rings. The van der Waals surface area contributed by atoms with E-state index in [1.165, 1.54) is 16.8 Å². The lowest BCUT2D eigenvalue weighted by Gasteiger charge is -2.25. The first-order chi connectivity index (χ1) is 21.0. The van der Waals surface area contributed by atoms with Gasteiger partial charge < -0.3 is 9.64 Å². The van der Waals surface area contributed by atoms with Gasteiger partial charge in [0.2, 0.25) is 15.8 Å². The van der Waals surface area contributed by atoms with Gasteiger partial charge in [-0.25, -0.2) is 22.2 Å². The molecule has 0 spiro atoms. The molecule has 1 amide bonds. The molecule has 0 aliphatic carbocycles. The summed E-state index contributed by atoms with van der Waals surface area (Å²) in [5.74, 6) is 0.257. The number of aromatic amines is 1. The van der Waals surface area contributed by atoms with Gasteiger partial charge in [0, 0.05) is 36.7 Å². The Morgan fingerprint density at radius 1 is 1.07 bits per heavy atom. The van der Waals surface area contributed by atoms with Gasteiger partial charge >= 0.3 is 6.09 Å². The largest absolute Gasteiger partial charge is 0.444 e. The first-order valence-electron chi connectivity index (χ1n) is 14.1. The Morgan fingerprint density at radius 3 is 2.27 bits per heavy atom. The maximum Gasteiger partial charge on any atom is 0.410 e. The van der Waals surface area contributed by atoms with E-state index >= 15 is 0 Å². The van der Waals surface area contributed by atoms with E-state index in [0.29, 0.717) is 41.0 Å². The molecular weight excluding hydrogens is 666 g/mol. The average molecular weight is 701 g/mol. The number of rotatable bonds is 10. The number of ether oxygens (including phenoxy) is 1. The predicted octanol–water partition coefficient (Wildman–Crippen LogP) is 5.63. The number of halogens is 1. The van der Waals surface area contributed by atoms with Crippen LogP contribution >= 0.6 is 27.9 Å². The summed E-state index contributed by atoms with van der Waals surface area (Å²) >= 11 is 4.92. The SMILES string of the molecule is CC(C)(C)OC(=O)N1CC[C@@H](NS(=O)(=O)c2ccc(Br)c(-c3nn[nH]n3)c2SN(Cc2ccccc2)Cc2ccccc2)C1. The number of carbonyl (C=O) groups excluding carboxylic acids is 1. The molecule has 1 aliphatic heterocycles. The molecule has 11 nitrogen and oxygen atoms in total. The van der Waals surface area contributed by atoms with Crippen molar-refractivity contribution in [2.45, 2.75) is 61.7 Å². The maximum atomic E-state index is 14.1. The summed E-state index contributed by atoms with van der Waals surface area (Å²) < 4.78 is 39.2. The molecule has 0 bridgehead atoms. The molecule has 3 aromatic carbocycles. The monoisotopic (exact) mass is 699 g/mol. The zero-order chi connectivity index (χ0) is 31.3. The fourth-order valence-electron chi connectivity index (χ4n) is 4.77. The lowest BCUT2D eigenvalue weighted by molar-refractivity contribution is 0.0292. The molecule has 0 unspecified atom stereocenters. The lowest BCUT2D eigenvalue weighted by Crippen LogP contribution is -2.40. The van der Waals surface area contributed by atoms with Crippen molar-refractivity contribution in [2.75, 3.05) is 13.1 Å². The minimum Gasteiger partial charge on any atom is -0.444 e. The summed E-state index contributed by atoms with van der Waals surface area (Å²) in [7, 11) is -4.06. The van der Waals surface area contributed by atoms with E-state index in [1.807, 2.05) is 60.7 Å². The summed E-state index contributed by atoms with van der Waals surface area (Å²) in [5.41, 5.74) is 2.00. The van der Waals surface area contributed by atoms with Gasteiger partial charge in [-0.3, -0.25) is 0 Å². The quantitative estimate of drug-likeness (QED) is 0.202. The van der Waals surface area contributed by atoms with Crippen LogP contribution in [-0.4, -0.2) is 69.1 Å². The lowest BCUT2D eigenvalue weighted by atomic mass is 10.2. The molecule has 0 saturated carbocycles. The number of nitrogens with zero attached hydrogens (tertiary/aromatic N) is 5. The number of sulfonamides is 1. The standard InChI is InChI=1S/C30H34BrN7O4S2/c1-30(2,3)42-29(39)37-17-16-23(20-37)34-44(40,41)25-15-14-24(31)26(28-32-35-36-33-28)27(25)43-38(18-21-10-6-4-7-11-21)19-22-12-8-5-9-13-22/h4-15,23,34H,16-20H2,1-3H3,(H,32,33,35,36)/t23-/m1/s1. The number of tetrazole rings is 1. The van der Waals surface area contributed by atoms with Crippen LogP contribution in [-0.2, 0) is 27.8 Å². The fourth-order valence-corrected chi connectivity index (χ4v) is 8.34. The van der Waals surface area contributed by atoms with E-state index in [-0.39, 0.29) is 17.3 Å². The molecule has 1 aromatic heterocycles. The van der Waals surface area contributed by atoms with Crippen molar-refractivity contribution in [2.24, 2.45) is 0 Å². The summed E-state index contributed by atoms with van der Waals surface area (Å²) in [6.45, 7) is 7.08. The van der Waals surface area contributed by atoms with E-state index in [1.54, 1.807) is 32.9 Å². The molecule has 2 N–H and O–H groups in total. The van der Waals surface area contributed by atoms with Crippen molar-refractivity contribution in [3.63, 3.8) is 0 Å². The van der Waals surface area contributed by atoms with Crippen LogP contribution in [0.5, 0.6) is 0 Å². The Bertz CT molecular complexity index is 1630. The van der Waals surface area contributed by atoms with E-state index in [4.69, 9.17) is 4.74 Å². The van der Waals surface area contributed by atoms with Crippen molar-refractivity contribution in [3.8, 4) is 11.4 Å². The molecule has 0 radical (unpaired) electrons. The first kappa shape index (κ1) is 32.1. The molecule has 1 aliphatic rings. The third-order valence-electron chi connectivity index (χ3n) is 6.71. The Balaban J connectivity index is 1.49. The third-order valence-corrected chi connectivity index (χ3v) is 10.2. The predicted molar refractivity (Wildman–Crippen MR) is 172 cm³/mol. The number of amides is 1. The van der Waals surface area contributed by atoms with Crippen molar-refractivity contribution >= 4 is 44.0 Å². The van der Waals surface area contributed by atoms with Crippen LogP contribution in [0.15, 0.2) is 87.1 Å². The van der Waals surface area contributed by atoms with Gasteiger partial charge in [0.1, 0.15) is 5.60 Å². The van der Waals surface area contributed by atoms with E-state index < -0.39 is 27.8 Å². The van der Waals surface area contributed by atoms with Crippen molar-refractivity contribution in [1.82, 2.24) is 34.6 Å². The zero-order valence-electron chi connectivity index (χ0n) is 24.6. The molecule has 2 heterocycles. The van der Waals surface area contributed by atoms with E-state index in [0.717, 1.165) is 11.1 Å². The van der Waals surface area contributed by atoms with Crippen LogP contribution in [0.1, 0.15) is 38.3 Å². The highest BCUT2D eigenvalue weighted by atomic mass is 79.9. The molecule has 4 aromatic rings. The summed E-state index contributed by atoms with van der Waals surface area (Å²) in [4.78, 5) is 14.7. The second-order valence-corrected chi connectivity index (χ2v) is 15.0. The van der Waals surface area contributed by atoms with Crippen molar-refractivity contribution < 1.29 is 17.9 Å². The van der Waals surface area contributed by atoms with Gasteiger partial charge in [-0.2, -0.15) is 5.21 Å². The number of benzene rings is 3. The van der Waals surface area contributed by atoms with Crippen LogP contribution in [0.2, 0.25) is 0 Å². The molecule has 1 atom stereocenters.